The third-order valence-corrected chi connectivity index (χ3v) is 3.18. The molecule has 0 unspecified atom stereocenters. The Kier molecular flexibility index (Phi) is 8.64. The van der Waals surface area contributed by atoms with Gasteiger partial charge in [0.2, 0.25) is 11.8 Å². The van der Waals surface area contributed by atoms with Crippen molar-refractivity contribution < 1.29 is 23.9 Å². The van der Waals surface area contributed by atoms with Crippen LogP contribution in [0.4, 0.5) is 0 Å². The smallest absolute Gasteiger partial charge is 0.343 e. The van der Waals surface area contributed by atoms with Gasteiger partial charge in [0.25, 0.3) is 0 Å². The van der Waals surface area contributed by atoms with Crippen LogP contribution in [0, 0.1) is 0 Å². The van der Waals surface area contributed by atoms with Crippen LogP contribution in [0.15, 0.2) is 0 Å². The van der Waals surface area contributed by atoms with Gasteiger partial charge in [-0.15, -0.1) is 0 Å². The Morgan fingerprint density at radius 1 is 1.15 bits per heavy atom. The van der Waals surface area contributed by atoms with Gasteiger partial charge in [-0.25, -0.2) is 0 Å². The number of hydrogen-bond acceptors (Lipinski definition) is 4. The van der Waals surface area contributed by atoms with Gasteiger partial charge in [0.1, 0.15) is 12.3 Å². The second-order valence-electron chi connectivity index (χ2n) is 4.61. The topological polar surface area (TPSA) is 142 Å². The van der Waals surface area contributed by atoms with Crippen LogP contribution in [-0.2, 0) is 14.2 Å². The Morgan fingerprint density at radius 3 is 2.15 bits per heavy atom. The Labute approximate surface area is 118 Å². The van der Waals surface area contributed by atoms with Gasteiger partial charge >= 0.3 is 7.60 Å². The van der Waals surface area contributed by atoms with Gasteiger partial charge in [-0.1, -0.05) is 26.7 Å². The summed E-state index contributed by atoms with van der Waals surface area (Å²) in [4.78, 5) is 41.0. The first-order valence-electron chi connectivity index (χ1n) is 6.59. The summed E-state index contributed by atoms with van der Waals surface area (Å²) in [6, 6.07) is -1.52. The lowest BCUT2D eigenvalue weighted by Gasteiger charge is -2.20. The molecule has 0 aromatic carbocycles. The predicted octanol–water partition coefficient (Wildman–Crippen LogP) is -0.350. The second-order valence-corrected chi connectivity index (χ2v) is 6.25. The lowest BCUT2D eigenvalue weighted by Crippen LogP contribution is -2.51. The van der Waals surface area contributed by atoms with Crippen LogP contribution < -0.4 is 16.4 Å². The second kappa shape index (κ2) is 9.07. The van der Waals surface area contributed by atoms with E-state index in [9.17, 15) is 14.2 Å². The monoisotopic (exact) mass is 309 g/mol. The molecule has 8 nitrogen and oxygen atoms in total. The van der Waals surface area contributed by atoms with E-state index in [1.165, 1.54) is 0 Å². The number of carbonyl (C=O) groups excluding carboxylic acids is 2. The summed E-state index contributed by atoms with van der Waals surface area (Å²) in [5, 5.41) is 4.64. The van der Waals surface area contributed by atoms with Crippen LogP contribution >= 0.6 is 7.60 Å². The van der Waals surface area contributed by atoms with Crippen LogP contribution in [0.1, 0.15) is 39.5 Å². The van der Waals surface area contributed by atoms with E-state index < -0.39 is 37.8 Å². The van der Waals surface area contributed by atoms with Crippen LogP contribution in [-0.4, -0.2) is 40.0 Å². The maximum absolute atomic E-state index is 11.8. The molecule has 0 fully saturated rings. The molecule has 0 heterocycles. The van der Waals surface area contributed by atoms with Gasteiger partial charge in [0, 0.05) is 0 Å². The summed E-state index contributed by atoms with van der Waals surface area (Å²) in [7, 11) is -4.31. The zero-order valence-corrected chi connectivity index (χ0v) is 12.7. The summed E-state index contributed by atoms with van der Waals surface area (Å²) in [6.45, 7) is 3.73. The molecular formula is C11H24N3O5P. The summed E-state index contributed by atoms with van der Waals surface area (Å²) in [5.74, 6) is -1.05. The van der Waals surface area contributed by atoms with Gasteiger partial charge in [-0.2, -0.15) is 0 Å². The average molecular weight is 309 g/mol. The molecule has 0 saturated heterocycles. The Balaban J connectivity index is 4.51. The van der Waals surface area contributed by atoms with Crippen molar-refractivity contribution in [3.05, 3.63) is 0 Å². The standard InChI is InChI=1S/C11H24N3O5P/c1-3-5-8(12)10(15)14-9(6-4-2)11(16)13-7-20(17,18)19/h8-9H,3-7,12H2,1-2H3,(H,13,16)(H,14,15)(H2,17,18,19)/t8-,9-/m0/s1. The van der Waals surface area contributed by atoms with Crippen molar-refractivity contribution in [2.45, 2.75) is 51.6 Å². The van der Waals surface area contributed by atoms with E-state index in [1.807, 2.05) is 13.8 Å². The highest BCUT2D eigenvalue weighted by molar-refractivity contribution is 7.51. The molecule has 0 aliphatic carbocycles. The highest BCUT2D eigenvalue weighted by Crippen LogP contribution is 2.31. The van der Waals surface area contributed by atoms with Gasteiger partial charge < -0.3 is 26.2 Å². The summed E-state index contributed by atoms with van der Waals surface area (Å²) < 4.78 is 10.7. The number of rotatable bonds is 9. The van der Waals surface area contributed by atoms with Crippen molar-refractivity contribution >= 4 is 19.4 Å². The molecule has 0 spiro atoms. The molecule has 0 bridgehead atoms. The third-order valence-electron chi connectivity index (χ3n) is 2.61. The van der Waals surface area contributed by atoms with Crippen molar-refractivity contribution in [2.24, 2.45) is 5.73 Å². The van der Waals surface area contributed by atoms with Gasteiger partial charge in [0.05, 0.1) is 6.04 Å². The van der Waals surface area contributed by atoms with E-state index >= 15 is 0 Å². The fourth-order valence-corrected chi connectivity index (χ4v) is 1.94. The highest BCUT2D eigenvalue weighted by atomic mass is 31.2. The number of nitrogens with two attached hydrogens (primary N) is 1. The largest absolute Gasteiger partial charge is 0.344 e. The van der Waals surface area contributed by atoms with Crippen molar-refractivity contribution in [1.82, 2.24) is 10.6 Å². The van der Waals surface area contributed by atoms with E-state index in [1.54, 1.807) is 0 Å². The molecule has 118 valence electrons. The zero-order chi connectivity index (χ0) is 15.8. The summed E-state index contributed by atoms with van der Waals surface area (Å²) in [5.41, 5.74) is 5.65. The van der Waals surface area contributed by atoms with Crippen molar-refractivity contribution in [3.8, 4) is 0 Å². The summed E-state index contributed by atoms with van der Waals surface area (Å²) in [6.07, 6.45) is 1.52. The van der Waals surface area contributed by atoms with E-state index in [2.05, 4.69) is 10.6 Å². The molecule has 9 heteroatoms. The SMILES string of the molecule is CCC[C@H](NC(=O)[C@@H](N)CCC)C(=O)NCP(=O)(O)O. The molecule has 2 atom stereocenters. The van der Waals surface area contributed by atoms with Gasteiger partial charge in [-0.3, -0.25) is 14.2 Å². The minimum absolute atomic E-state index is 0.373. The van der Waals surface area contributed by atoms with Crippen molar-refractivity contribution in [1.29, 1.82) is 0 Å². The van der Waals surface area contributed by atoms with Gasteiger partial charge in [-0.05, 0) is 12.8 Å². The molecule has 0 aliphatic rings. The number of amides is 2. The van der Waals surface area contributed by atoms with E-state index in [4.69, 9.17) is 15.5 Å². The molecule has 20 heavy (non-hydrogen) atoms. The Hall–Kier alpha value is -0.950. The zero-order valence-electron chi connectivity index (χ0n) is 11.8. The number of hydrogen-bond donors (Lipinski definition) is 5. The maximum Gasteiger partial charge on any atom is 0.344 e. The first-order chi connectivity index (χ1) is 9.21. The maximum atomic E-state index is 11.8. The first kappa shape index (κ1) is 19.1. The molecule has 2 amide bonds. The van der Waals surface area contributed by atoms with E-state index in [0.717, 1.165) is 6.42 Å². The van der Waals surface area contributed by atoms with Crippen molar-refractivity contribution in [2.75, 3.05) is 6.29 Å². The van der Waals surface area contributed by atoms with E-state index in [0.29, 0.717) is 19.3 Å². The first-order valence-corrected chi connectivity index (χ1v) is 8.39. The highest BCUT2D eigenvalue weighted by Gasteiger charge is 2.24. The lowest BCUT2D eigenvalue weighted by molar-refractivity contribution is -0.129. The Morgan fingerprint density at radius 2 is 1.70 bits per heavy atom. The normalized spacial score (nSPS) is 14.4. The van der Waals surface area contributed by atoms with E-state index in [-0.39, 0.29) is 0 Å². The minimum atomic E-state index is -4.31. The molecule has 0 aromatic rings. The Bertz CT molecular complexity index is 371. The van der Waals surface area contributed by atoms with Crippen LogP contribution in [0.2, 0.25) is 0 Å². The predicted molar refractivity (Wildman–Crippen MR) is 74.8 cm³/mol. The molecular weight excluding hydrogens is 285 g/mol. The average Bonchev–Trinajstić information content (AvgIpc) is 2.34. The number of nitrogens with one attached hydrogen (secondary N) is 2. The quantitative estimate of drug-likeness (QED) is 0.369. The molecule has 0 radical (unpaired) electrons. The fourth-order valence-electron chi connectivity index (χ4n) is 1.58. The van der Waals surface area contributed by atoms with Crippen LogP contribution in [0.5, 0.6) is 0 Å². The van der Waals surface area contributed by atoms with Crippen LogP contribution in [0.25, 0.3) is 0 Å². The molecule has 0 aliphatic heterocycles. The minimum Gasteiger partial charge on any atom is -0.343 e. The lowest BCUT2D eigenvalue weighted by atomic mass is 10.1. The van der Waals surface area contributed by atoms with Crippen molar-refractivity contribution in [3.63, 3.8) is 0 Å². The summed E-state index contributed by atoms with van der Waals surface area (Å²) >= 11 is 0. The van der Waals surface area contributed by atoms with Crippen LogP contribution in [0.3, 0.4) is 0 Å². The van der Waals surface area contributed by atoms with Gasteiger partial charge in [0.15, 0.2) is 0 Å². The molecule has 0 aromatic heterocycles. The fraction of sp³-hybridized carbons (Fsp3) is 0.818. The number of carbonyl (C=O) groups is 2. The molecule has 0 rings (SSSR count). The third kappa shape index (κ3) is 8.27. The molecule has 6 N–H and O–H groups in total. The molecule has 0 saturated carbocycles.